The molecule has 7 nitrogen and oxygen atoms in total. The number of sulfonamides is 1. The number of hydrogen-bond acceptors (Lipinski definition) is 5. The van der Waals surface area contributed by atoms with Crippen LogP contribution in [0.4, 0.5) is 10.5 Å². The average Bonchev–Trinajstić information content (AvgIpc) is 2.81. The molecular formula is C13H16N2O5S. The highest BCUT2D eigenvalue weighted by Crippen LogP contribution is 2.30. The molecule has 0 radical (unpaired) electrons. The van der Waals surface area contributed by atoms with Gasteiger partial charge in [-0.05, 0) is 37.1 Å². The summed E-state index contributed by atoms with van der Waals surface area (Å²) in [6.07, 6.45) is -0.430. The van der Waals surface area contributed by atoms with Crippen molar-refractivity contribution >= 4 is 27.7 Å². The van der Waals surface area contributed by atoms with E-state index in [4.69, 9.17) is 0 Å². The average molecular weight is 312 g/mol. The molecule has 0 unspecified atom stereocenters. The van der Waals surface area contributed by atoms with Gasteiger partial charge in [-0.15, -0.1) is 0 Å². The predicted molar refractivity (Wildman–Crippen MR) is 75.5 cm³/mol. The lowest BCUT2D eigenvalue weighted by atomic mass is 10.2. The fraction of sp³-hybridized carbons (Fsp3) is 0.385. The van der Waals surface area contributed by atoms with Crippen LogP contribution in [0.15, 0.2) is 23.1 Å². The summed E-state index contributed by atoms with van der Waals surface area (Å²) in [6.45, 7) is 3.65. The van der Waals surface area contributed by atoms with Crippen LogP contribution in [0.3, 0.4) is 0 Å². The first-order valence-electron chi connectivity index (χ1n) is 6.45. The number of nitrogens with zero attached hydrogens (tertiary/aromatic N) is 1. The summed E-state index contributed by atoms with van der Waals surface area (Å²) >= 11 is 0. The number of carbonyl (C=O) groups excluding carboxylic acids is 2. The van der Waals surface area contributed by atoms with Crippen molar-refractivity contribution in [1.82, 2.24) is 4.72 Å². The van der Waals surface area contributed by atoms with Crippen molar-refractivity contribution in [2.24, 2.45) is 0 Å². The van der Waals surface area contributed by atoms with E-state index >= 15 is 0 Å². The van der Waals surface area contributed by atoms with Gasteiger partial charge in [-0.1, -0.05) is 0 Å². The molecule has 1 aromatic carbocycles. The van der Waals surface area contributed by atoms with E-state index in [0.717, 1.165) is 5.56 Å². The van der Waals surface area contributed by atoms with Crippen molar-refractivity contribution in [2.45, 2.75) is 25.2 Å². The van der Waals surface area contributed by atoms with Gasteiger partial charge in [-0.2, -0.15) is 0 Å². The highest BCUT2D eigenvalue weighted by atomic mass is 32.2. The fourth-order valence-corrected chi connectivity index (χ4v) is 3.14. The Morgan fingerprint density at radius 3 is 2.71 bits per heavy atom. The Morgan fingerprint density at radius 2 is 2.10 bits per heavy atom. The van der Waals surface area contributed by atoms with E-state index in [9.17, 15) is 18.0 Å². The van der Waals surface area contributed by atoms with Crippen molar-refractivity contribution < 1.29 is 22.7 Å². The zero-order valence-electron chi connectivity index (χ0n) is 11.8. The minimum Gasteiger partial charge on any atom is -0.449 e. The highest BCUT2D eigenvalue weighted by Gasteiger charge is 2.25. The Kier molecular flexibility index (Phi) is 4.17. The third-order valence-electron chi connectivity index (χ3n) is 3.13. The fourth-order valence-electron chi connectivity index (χ4n) is 2.20. The van der Waals surface area contributed by atoms with E-state index in [1.165, 1.54) is 19.1 Å². The second-order valence-electron chi connectivity index (χ2n) is 4.54. The quantitative estimate of drug-likeness (QED) is 0.900. The number of amides is 2. The van der Waals surface area contributed by atoms with Gasteiger partial charge in [-0.25, -0.2) is 17.9 Å². The van der Waals surface area contributed by atoms with Crippen molar-refractivity contribution in [2.75, 3.05) is 18.1 Å². The third-order valence-corrected chi connectivity index (χ3v) is 4.44. The second kappa shape index (κ2) is 5.72. The van der Waals surface area contributed by atoms with Crippen LogP contribution in [-0.4, -0.2) is 33.6 Å². The number of carbonyl (C=O) groups is 2. The van der Waals surface area contributed by atoms with E-state index in [0.29, 0.717) is 18.7 Å². The molecule has 0 atom stereocenters. The molecule has 0 saturated carbocycles. The molecule has 1 aliphatic rings. The number of rotatable bonds is 3. The molecule has 2 rings (SSSR count). The molecular weight excluding hydrogens is 296 g/mol. The van der Waals surface area contributed by atoms with Gasteiger partial charge in [0.05, 0.1) is 11.5 Å². The summed E-state index contributed by atoms with van der Waals surface area (Å²) in [5, 5.41) is 0. The molecule has 0 bridgehead atoms. The Bertz CT molecular complexity index is 684. The van der Waals surface area contributed by atoms with Gasteiger partial charge in [0.1, 0.15) is 0 Å². The summed E-state index contributed by atoms with van der Waals surface area (Å²) in [5.41, 5.74) is 1.47. The van der Waals surface area contributed by atoms with Crippen molar-refractivity contribution in [3.63, 3.8) is 0 Å². The molecule has 0 spiro atoms. The lowest BCUT2D eigenvalue weighted by Crippen LogP contribution is -2.31. The van der Waals surface area contributed by atoms with Crippen LogP contribution < -0.4 is 9.62 Å². The topological polar surface area (TPSA) is 92.8 Å². The molecule has 1 N–H and O–H groups in total. The lowest BCUT2D eigenvalue weighted by Gasteiger charge is -2.15. The first kappa shape index (κ1) is 15.3. The number of hydrogen-bond donors (Lipinski definition) is 1. The molecule has 0 fully saturated rings. The molecule has 1 heterocycles. The maximum absolute atomic E-state index is 12.0. The smallest absolute Gasteiger partial charge is 0.421 e. The summed E-state index contributed by atoms with van der Waals surface area (Å²) in [4.78, 5) is 24.2. The van der Waals surface area contributed by atoms with Gasteiger partial charge in [0.2, 0.25) is 5.91 Å². The van der Waals surface area contributed by atoms with Crippen LogP contribution in [0, 0.1) is 0 Å². The molecule has 114 valence electrons. The van der Waals surface area contributed by atoms with Crippen LogP contribution in [0.25, 0.3) is 0 Å². The molecule has 21 heavy (non-hydrogen) atoms. The van der Waals surface area contributed by atoms with Crippen molar-refractivity contribution in [3.8, 4) is 0 Å². The van der Waals surface area contributed by atoms with Gasteiger partial charge >= 0.3 is 6.09 Å². The summed E-state index contributed by atoms with van der Waals surface area (Å²) in [6, 6.07) is 4.41. The number of ether oxygens (including phenoxy) is 1. The highest BCUT2D eigenvalue weighted by molar-refractivity contribution is 7.90. The molecule has 0 aliphatic carbocycles. The second-order valence-corrected chi connectivity index (χ2v) is 6.22. The monoisotopic (exact) mass is 312 g/mol. The van der Waals surface area contributed by atoms with E-state index < -0.39 is 16.1 Å². The molecule has 0 aromatic heterocycles. The first-order chi connectivity index (χ1) is 9.85. The van der Waals surface area contributed by atoms with Gasteiger partial charge in [0.15, 0.2) is 0 Å². The number of fused-ring (bicyclic) bond motifs is 1. The van der Waals surface area contributed by atoms with Crippen LogP contribution in [0.2, 0.25) is 0 Å². The standard InChI is InChI=1S/C13H16N2O5S/c1-3-20-13(17)14-21(18,19)11-4-5-12-10(8-11)6-7-15(12)9(2)16/h4-5,8H,3,6-7H2,1-2H3,(H,14,17). The zero-order chi connectivity index (χ0) is 15.6. The molecule has 1 aliphatic heterocycles. The van der Waals surface area contributed by atoms with E-state index in [1.54, 1.807) is 17.9 Å². The Morgan fingerprint density at radius 1 is 1.38 bits per heavy atom. The van der Waals surface area contributed by atoms with E-state index in [1.807, 2.05) is 4.72 Å². The first-order valence-corrected chi connectivity index (χ1v) is 7.94. The SMILES string of the molecule is CCOC(=O)NS(=O)(=O)c1ccc2c(c1)CCN2C(C)=O. The maximum atomic E-state index is 12.0. The van der Waals surface area contributed by atoms with Crippen LogP contribution in [-0.2, 0) is 26.0 Å². The Hall–Kier alpha value is -2.09. The summed E-state index contributed by atoms with van der Waals surface area (Å²) in [5.74, 6) is -0.0889. The van der Waals surface area contributed by atoms with E-state index in [-0.39, 0.29) is 17.4 Å². The van der Waals surface area contributed by atoms with Crippen LogP contribution in [0.5, 0.6) is 0 Å². The maximum Gasteiger partial charge on any atom is 0.421 e. The van der Waals surface area contributed by atoms with E-state index in [2.05, 4.69) is 4.74 Å². The predicted octanol–water partition coefficient (Wildman–Crippen LogP) is 1.03. The summed E-state index contributed by atoms with van der Waals surface area (Å²) in [7, 11) is -3.97. The van der Waals surface area contributed by atoms with Crippen molar-refractivity contribution in [1.29, 1.82) is 0 Å². The lowest BCUT2D eigenvalue weighted by molar-refractivity contribution is -0.116. The third kappa shape index (κ3) is 3.15. The number of nitrogens with one attached hydrogen (secondary N) is 1. The van der Waals surface area contributed by atoms with Gasteiger partial charge in [0.25, 0.3) is 10.0 Å². The van der Waals surface area contributed by atoms with Crippen LogP contribution >= 0.6 is 0 Å². The molecule has 1 aromatic rings. The Labute approximate surface area is 122 Å². The largest absolute Gasteiger partial charge is 0.449 e. The van der Waals surface area contributed by atoms with Gasteiger partial charge in [0, 0.05) is 19.2 Å². The number of benzene rings is 1. The summed E-state index contributed by atoms with van der Waals surface area (Å²) < 4.78 is 30.5. The minimum atomic E-state index is -3.97. The Balaban J connectivity index is 2.27. The number of anilines is 1. The normalized spacial score (nSPS) is 13.7. The minimum absolute atomic E-state index is 0.0281. The van der Waals surface area contributed by atoms with Gasteiger partial charge < -0.3 is 9.64 Å². The molecule has 0 saturated heterocycles. The van der Waals surface area contributed by atoms with Gasteiger partial charge in [-0.3, -0.25) is 4.79 Å². The molecule has 8 heteroatoms. The zero-order valence-corrected chi connectivity index (χ0v) is 12.6. The van der Waals surface area contributed by atoms with Crippen LogP contribution in [0.1, 0.15) is 19.4 Å². The van der Waals surface area contributed by atoms with Crippen molar-refractivity contribution in [3.05, 3.63) is 23.8 Å². The molecule has 2 amide bonds.